The van der Waals surface area contributed by atoms with Crippen LogP contribution in [0.4, 0.5) is 5.69 Å². The van der Waals surface area contributed by atoms with Crippen LogP contribution >= 0.6 is 0 Å². The van der Waals surface area contributed by atoms with Crippen LogP contribution in [0.15, 0.2) is 16.9 Å². The molecule has 1 aliphatic heterocycles. The van der Waals surface area contributed by atoms with Crippen LogP contribution in [-0.2, 0) is 4.79 Å². The number of nitrogens with two attached hydrogens (primary N) is 1. The molecule has 2 N–H and O–H groups in total. The van der Waals surface area contributed by atoms with Crippen LogP contribution in [-0.4, -0.2) is 28.0 Å². The van der Waals surface area contributed by atoms with E-state index in [-0.39, 0.29) is 23.2 Å². The van der Waals surface area contributed by atoms with Crippen LogP contribution in [0.2, 0.25) is 0 Å². The Bertz CT molecular complexity index is 565. The minimum Gasteiger partial charge on any atom is -0.394 e. The summed E-state index contributed by atoms with van der Waals surface area (Å²) in [5, 5.41) is 0. The van der Waals surface area contributed by atoms with Crippen LogP contribution in [0.5, 0.6) is 0 Å². The van der Waals surface area contributed by atoms with Crippen LogP contribution in [0.1, 0.15) is 44.8 Å². The van der Waals surface area contributed by atoms with Gasteiger partial charge in [-0.25, -0.2) is 0 Å². The number of amides is 1. The van der Waals surface area contributed by atoms with Gasteiger partial charge >= 0.3 is 0 Å². The second kappa shape index (κ2) is 5.69. The van der Waals surface area contributed by atoms with E-state index < -0.39 is 6.04 Å². The molecule has 0 bridgehead atoms. The van der Waals surface area contributed by atoms with E-state index in [2.05, 4.69) is 6.92 Å². The summed E-state index contributed by atoms with van der Waals surface area (Å²) in [5.74, 6) is 0.00741. The number of rotatable bonds is 2. The number of piperidine rings is 1. The summed E-state index contributed by atoms with van der Waals surface area (Å²) in [6.07, 6.45) is 3.23. The zero-order chi connectivity index (χ0) is 14.9. The van der Waals surface area contributed by atoms with Crippen molar-refractivity contribution in [3.63, 3.8) is 0 Å². The third kappa shape index (κ3) is 2.57. The normalized spacial score (nSPS) is 20.8. The molecule has 0 aromatic carbocycles. The lowest BCUT2D eigenvalue weighted by atomic mass is 10.0. The number of nitrogens with zero attached hydrogens (tertiary/aromatic N) is 2. The molecule has 1 saturated heterocycles. The molecule has 1 aromatic heterocycles. The third-order valence-corrected chi connectivity index (χ3v) is 4.18. The number of carbonyl (C=O) groups excluding carboxylic acids is 1. The maximum absolute atomic E-state index is 12.7. The highest BCUT2D eigenvalue weighted by atomic mass is 16.2. The molecule has 1 aliphatic rings. The SMILES string of the molecule is Cc1ccc(N)c(=O)n1[C@H](C)C(=O)N1CCCC[C@@H]1C. The number of hydrogen-bond acceptors (Lipinski definition) is 3. The first kappa shape index (κ1) is 14.6. The van der Waals surface area contributed by atoms with E-state index >= 15 is 0 Å². The van der Waals surface area contributed by atoms with E-state index in [1.54, 1.807) is 19.1 Å². The predicted octanol–water partition coefficient (Wildman–Crippen LogP) is 1.70. The Balaban J connectivity index is 2.31. The van der Waals surface area contributed by atoms with Crippen molar-refractivity contribution >= 4 is 11.6 Å². The largest absolute Gasteiger partial charge is 0.394 e. The quantitative estimate of drug-likeness (QED) is 0.894. The maximum Gasteiger partial charge on any atom is 0.274 e. The first-order valence-electron chi connectivity index (χ1n) is 7.21. The van der Waals surface area contributed by atoms with Crippen LogP contribution in [0, 0.1) is 6.92 Å². The molecule has 2 rings (SSSR count). The molecule has 0 spiro atoms. The van der Waals surface area contributed by atoms with Crippen molar-refractivity contribution in [1.29, 1.82) is 0 Å². The van der Waals surface area contributed by atoms with Gasteiger partial charge in [0, 0.05) is 18.3 Å². The van der Waals surface area contributed by atoms with Crippen molar-refractivity contribution in [2.24, 2.45) is 0 Å². The molecule has 110 valence electrons. The van der Waals surface area contributed by atoms with E-state index in [0.717, 1.165) is 31.5 Å². The summed E-state index contributed by atoms with van der Waals surface area (Å²) in [4.78, 5) is 26.7. The highest BCUT2D eigenvalue weighted by molar-refractivity contribution is 5.80. The van der Waals surface area contributed by atoms with Crippen molar-refractivity contribution in [2.75, 3.05) is 12.3 Å². The van der Waals surface area contributed by atoms with E-state index in [4.69, 9.17) is 5.73 Å². The monoisotopic (exact) mass is 277 g/mol. The molecule has 2 heterocycles. The fraction of sp³-hybridized carbons (Fsp3) is 0.600. The molecule has 0 radical (unpaired) electrons. The minimum atomic E-state index is -0.508. The molecule has 0 unspecified atom stereocenters. The van der Waals surface area contributed by atoms with Gasteiger partial charge in [0.2, 0.25) is 5.91 Å². The highest BCUT2D eigenvalue weighted by Gasteiger charge is 2.28. The molecule has 0 saturated carbocycles. The average molecular weight is 277 g/mol. The summed E-state index contributed by atoms with van der Waals surface area (Å²) in [5.41, 5.74) is 6.33. The topological polar surface area (TPSA) is 68.3 Å². The van der Waals surface area contributed by atoms with Crippen LogP contribution in [0.25, 0.3) is 0 Å². The first-order chi connectivity index (χ1) is 9.43. The molecular weight excluding hydrogens is 254 g/mol. The van der Waals surface area contributed by atoms with Gasteiger partial charge in [0.1, 0.15) is 6.04 Å². The Hall–Kier alpha value is -1.78. The number of carbonyl (C=O) groups is 1. The zero-order valence-electron chi connectivity index (χ0n) is 12.4. The van der Waals surface area contributed by atoms with Gasteiger partial charge in [0.15, 0.2) is 0 Å². The lowest BCUT2D eigenvalue weighted by Crippen LogP contribution is -2.46. The van der Waals surface area contributed by atoms with Crippen LogP contribution < -0.4 is 11.3 Å². The lowest BCUT2D eigenvalue weighted by Gasteiger charge is -2.35. The number of hydrogen-bond donors (Lipinski definition) is 1. The Morgan fingerprint density at radius 2 is 2.10 bits per heavy atom. The Morgan fingerprint density at radius 3 is 2.75 bits per heavy atom. The molecular formula is C15H23N3O2. The second-order valence-corrected chi connectivity index (χ2v) is 5.66. The second-order valence-electron chi connectivity index (χ2n) is 5.66. The van der Waals surface area contributed by atoms with Gasteiger partial charge in [-0.05, 0) is 52.2 Å². The molecule has 2 atom stereocenters. The van der Waals surface area contributed by atoms with Crippen LogP contribution in [0.3, 0.4) is 0 Å². The number of pyridine rings is 1. The minimum absolute atomic E-state index is 0.00741. The molecule has 1 fully saturated rings. The lowest BCUT2D eigenvalue weighted by molar-refractivity contribution is -0.137. The number of nitrogen functional groups attached to an aromatic ring is 1. The summed E-state index contributed by atoms with van der Waals surface area (Å²) in [7, 11) is 0. The molecule has 5 heteroatoms. The third-order valence-electron chi connectivity index (χ3n) is 4.18. The van der Waals surface area contributed by atoms with Gasteiger partial charge in [0.25, 0.3) is 5.56 Å². The number of aromatic nitrogens is 1. The van der Waals surface area contributed by atoms with Gasteiger partial charge in [-0.1, -0.05) is 0 Å². The van der Waals surface area contributed by atoms with E-state index in [0.29, 0.717) is 0 Å². The van der Waals surface area contributed by atoms with E-state index in [1.165, 1.54) is 4.57 Å². The van der Waals surface area contributed by atoms with Gasteiger partial charge in [-0.3, -0.25) is 14.2 Å². The van der Waals surface area contributed by atoms with Crippen molar-refractivity contribution in [3.05, 3.63) is 28.2 Å². The highest BCUT2D eigenvalue weighted by Crippen LogP contribution is 2.21. The summed E-state index contributed by atoms with van der Waals surface area (Å²) >= 11 is 0. The standard InChI is InChI=1S/C15H23N3O2/c1-10-6-4-5-9-17(10)14(19)12(3)18-11(2)7-8-13(16)15(18)20/h7-8,10,12H,4-6,9,16H2,1-3H3/t10-,12+/m0/s1. The van der Waals surface area contributed by atoms with Crippen molar-refractivity contribution < 1.29 is 4.79 Å². The van der Waals surface area contributed by atoms with Crippen molar-refractivity contribution in [1.82, 2.24) is 9.47 Å². The smallest absolute Gasteiger partial charge is 0.274 e. The van der Waals surface area contributed by atoms with E-state index in [9.17, 15) is 9.59 Å². The molecule has 20 heavy (non-hydrogen) atoms. The fourth-order valence-corrected chi connectivity index (χ4v) is 2.92. The molecule has 0 aliphatic carbocycles. The number of aryl methyl sites for hydroxylation is 1. The van der Waals surface area contributed by atoms with Crippen molar-refractivity contribution in [3.8, 4) is 0 Å². The molecule has 1 aromatic rings. The van der Waals surface area contributed by atoms with Gasteiger partial charge in [0.05, 0.1) is 5.69 Å². The van der Waals surface area contributed by atoms with Crippen molar-refractivity contribution in [2.45, 2.75) is 52.1 Å². The Morgan fingerprint density at radius 1 is 1.40 bits per heavy atom. The summed E-state index contributed by atoms with van der Waals surface area (Å²) in [6, 6.07) is 3.11. The summed E-state index contributed by atoms with van der Waals surface area (Å²) in [6.45, 7) is 6.45. The Labute approximate surface area is 119 Å². The zero-order valence-corrected chi connectivity index (χ0v) is 12.4. The van der Waals surface area contributed by atoms with E-state index in [1.807, 2.05) is 11.8 Å². The number of anilines is 1. The molecule has 1 amide bonds. The van der Waals surface area contributed by atoms with Gasteiger partial charge in [-0.2, -0.15) is 0 Å². The first-order valence-corrected chi connectivity index (χ1v) is 7.21. The van der Waals surface area contributed by atoms with Gasteiger partial charge in [-0.15, -0.1) is 0 Å². The number of likely N-dealkylation sites (tertiary alicyclic amines) is 1. The maximum atomic E-state index is 12.7. The van der Waals surface area contributed by atoms with Gasteiger partial charge < -0.3 is 10.6 Å². The average Bonchev–Trinajstić information content (AvgIpc) is 2.43. The predicted molar refractivity (Wildman–Crippen MR) is 79.6 cm³/mol. The Kier molecular flexibility index (Phi) is 4.16. The molecule has 5 nitrogen and oxygen atoms in total. The summed E-state index contributed by atoms with van der Waals surface area (Å²) < 4.78 is 1.50. The fourth-order valence-electron chi connectivity index (χ4n) is 2.92.